The van der Waals surface area contributed by atoms with Crippen molar-refractivity contribution in [1.29, 1.82) is 0 Å². The van der Waals surface area contributed by atoms with Gasteiger partial charge in [0.05, 0.1) is 44.3 Å². The van der Waals surface area contributed by atoms with E-state index < -0.39 is 10.8 Å². The van der Waals surface area contributed by atoms with Gasteiger partial charge in [0, 0.05) is 77.9 Å². The molecule has 568 valence electrons. The molecule has 26 rings (SSSR count). The summed E-state index contributed by atoms with van der Waals surface area (Å²) in [4.78, 5) is 5.11. The zero-order chi connectivity index (χ0) is 79.7. The molecule has 0 bridgehead atoms. The second kappa shape index (κ2) is 25.4. The summed E-state index contributed by atoms with van der Waals surface area (Å²) in [7, 11) is 0. The van der Waals surface area contributed by atoms with E-state index in [4.69, 9.17) is 8.83 Å². The fraction of sp³-hybridized carbons (Fsp3) is 0.0609. The lowest BCUT2D eigenvalue weighted by atomic mass is 9.65. The summed E-state index contributed by atoms with van der Waals surface area (Å²) in [5, 5.41) is 9.34. The second-order valence-electron chi connectivity index (χ2n) is 33.9. The Hall–Kier alpha value is -15.2. The molecule has 2 aliphatic heterocycles. The third-order valence-electron chi connectivity index (χ3n) is 27.4. The van der Waals surface area contributed by atoms with Gasteiger partial charge < -0.3 is 27.8 Å². The Morgan fingerprint density at radius 1 is 0.298 bits per heavy atom. The Kier molecular flexibility index (Phi) is 14.2. The molecule has 0 saturated heterocycles. The zero-order valence-electron chi connectivity index (χ0n) is 66.8. The van der Waals surface area contributed by atoms with Crippen molar-refractivity contribution in [3.63, 3.8) is 0 Å². The number of hydrogen-bond acceptors (Lipinski definition) is 4. The molecule has 0 radical (unpaired) electrons. The molecule has 4 aromatic heterocycles. The van der Waals surface area contributed by atoms with Gasteiger partial charge in [-0.05, 0) is 264 Å². The van der Waals surface area contributed by atoms with Crippen molar-refractivity contribution in [1.82, 2.24) is 9.13 Å². The molecule has 1 unspecified atom stereocenters. The number of nitrogens with zero attached hydrogens (tertiary/aromatic N) is 4. The van der Waals surface area contributed by atoms with Gasteiger partial charge >= 0.3 is 0 Å². The van der Waals surface area contributed by atoms with Gasteiger partial charge in [0.2, 0.25) is 0 Å². The quantitative estimate of drug-likeness (QED) is 0.137. The number of rotatable bonds is 10. The number of allylic oxidation sites excluding steroid dienone is 4. The van der Waals surface area contributed by atoms with E-state index in [2.05, 4.69) is 422 Å². The molecule has 0 N–H and O–H groups in total. The summed E-state index contributed by atoms with van der Waals surface area (Å²) >= 11 is 0. The first-order chi connectivity index (χ1) is 59.7. The maximum Gasteiger partial charge on any atom is 0.135 e. The number of aryl methyl sites for hydroxylation is 2. The summed E-state index contributed by atoms with van der Waals surface area (Å²) in [5.74, 6) is 1.81. The number of fused-ring (bicyclic) bond motifs is 29. The fourth-order valence-electron chi connectivity index (χ4n) is 22.3. The Bertz CT molecular complexity index is 7930. The van der Waals surface area contributed by atoms with E-state index in [1.165, 1.54) is 161 Å². The molecule has 6 heteroatoms. The molecule has 21 aromatic rings. The van der Waals surface area contributed by atoms with E-state index in [1.807, 2.05) is 6.07 Å². The Morgan fingerprint density at radius 2 is 0.686 bits per heavy atom. The van der Waals surface area contributed by atoms with Gasteiger partial charge in [-0.25, -0.2) is 0 Å². The number of benzene rings is 17. The fourth-order valence-corrected chi connectivity index (χ4v) is 22.3. The first-order valence-corrected chi connectivity index (χ1v) is 42.3. The van der Waals surface area contributed by atoms with Crippen LogP contribution >= 0.6 is 0 Å². The Balaban J connectivity index is 0.792. The van der Waals surface area contributed by atoms with Crippen molar-refractivity contribution >= 4 is 110 Å². The van der Waals surface area contributed by atoms with Gasteiger partial charge in [-0.3, -0.25) is 0 Å². The smallest absolute Gasteiger partial charge is 0.135 e. The van der Waals surface area contributed by atoms with Crippen LogP contribution in [0.25, 0.3) is 149 Å². The standard InChI is InChI=1S/C115H76N4O2/c1-69-38-55-97-104(60-69)118-102-58-54-90-89(110(102)91-65-83(67-99(112(91)118)114(97)93-32-16-12-28-85(93)86-29-13-17-33-94(86)114)116(80-47-40-74(41-48-80)72-22-6-4-7-23-72)81-51-44-76(45-52-81)108-63-77-26-10-20-36-106(77)120-108)53-59-103-111(90)92-66-84(68-100-113(92)119(103)105-61-70(2)39-56-98(105)115(100)95-34-18-14-30-87(95)88-31-15-19-35-96(88)115)117(82-49-42-75(43-50-82)73-24-8-5-9-25-73)101-57-46-79(62-71(101)3)109-64-78-27-11-21-37-107(78)121-109/h4-61,63-68,71H,62H2,1-3H3. The third-order valence-corrected chi connectivity index (χ3v) is 27.4. The average molecular weight is 1550 g/mol. The van der Waals surface area contributed by atoms with E-state index in [0.29, 0.717) is 0 Å². The first kappa shape index (κ1) is 67.9. The minimum Gasteiger partial charge on any atom is -0.456 e. The molecule has 0 amide bonds. The van der Waals surface area contributed by atoms with Crippen molar-refractivity contribution in [2.45, 2.75) is 38.0 Å². The highest BCUT2D eigenvalue weighted by atomic mass is 16.3. The van der Waals surface area contributed by atoms with Gasteiger partial charge in [0.15, 0.2) is 0 Å². The number of para-hydroxylation sites is 2. The molecule has 2 spiro atoms. The zero-order valence-corrected chi connectivity index (χ0v) is 66.8. The number of furan rings is 2. The van der Waals surface area contributed by atoms with Crippen molar-refractivity contribution in [2.24, 2.45) is 5.92 Å². The van der Waals surface area contributed by atoms with Crippen LogP contribution in [0.1, 0.15) is 74.7 Å². The van der Waals surface area contributed by atoms with Crippen LogP contribution < -0.4 is 9.80 Å². The topological polar surface area (TPSA) is 42.6 Å². The van der Waals surface area contributed by atoms with Crippen LogP contribution in [0.5, 0.6) is 0 Å². The molecule has 121 heavy (non-hydrogen) atoms. The van der Waals surface area contributed by atoms with E-state index >= 15 is 0 Å². The van der Waals surface area contributed by atoms with Crippen molar-refractivity contribution in [3.05, 3.63) is 455 Å². The molecule has 6 nitrogen and oxygen atoms in total. The lowest BCUT2D eigenvalue weighted by Gasteiger charge is -2.41. The van der Waals surface area contributed by atoms with Gasteiger partial charge in [0.1, 0.15) is 22.7 Å². The summed E-state index contributed by atoms with van der Waals surface area (Å²) < 4.78 is 18.6. The largest absolute Gasteiger partial charge is 0.456 e. The van der Waals surface area contributed by atoms with Crippen LogP contribution in [0.4, 0.5) is 28.4 Å². The van der Waals surface area contributed by atoms with Gasteiger partial charge in [-0.15, -0.1) is 0 Å². The Morgan fingerprint density at radius 3 is 1.14 bits per heavy atom. The van der Waals surface area contributed by atoms with Gasteiger partial charge in [0.25, 0.3) is 0 Å². The summed E-state index contributed by atoms with van der Waals surface area (Å²) in [6.07, 6.45) is 5.49. The van der Waals surface area contributed by atoms with Gasteiger partial charge in [-0.2, -0.15) is 0 Å². The molecule has 6 heterocycles. The van der Waals surface area contributed by atoms with Gasteiger partial charge in [-0.1, -0.05) is 268 Å². The molecular formula is C115H76N4O2. The van der Waals surface area contributed by atoms with E-state index in [1.54, 1.807) is 0 Å². The molecule has 0 saturated carbocycles. The number of aromatic nitrogens is 2. The van der Waals surface area contributed by atoms with Crippen LogP contribution in [-0.4, -0.2) is 9.13 Å². The maximum absolute atomic E-state index is 6.69. The summed E-state index contributed by atoms with van der Waals surface area (Å²) in [6.45, 7) is 6.93. The molecular weight excluding hydrogens is 1470 g/mol. The van der Waals surface area contributed by atoms with Crippen LogP contribution in [-0.2, 0) is 10.8 Å². The minimum absolute atomic E-state index is 0.0655. The highest BCUT2D eigenvalue weighted by molar-refractivity contribution is 6.31. The minimum atomic E-state index is -0.746. The van der Waals surface area contributed by atoms with Crippen LogP contribution in [0.15, 0.2) is 403 Å². The van der Waals surface area contributed by atoms with E-state index in [-0.39, 0.29) is 5.92 Å². The van der Waals surface area contributed by atoms with Crippen molar-refractivity contribution < 1.29 is 8.83 Å². The van der Waals surface area contributed by atoms with Crippen LogP contribution in [0.3, 0.4) is 0 Å². The van der Waals surface area contributed by atoms with E-state index in [0.717, 1.165) is 90.5 Å². The number of hydrogen-bond donors (Lipinski definition) is 0. The maximum atomic E-state index is 6.69. The second-order valence-corrected chi connectivity index (χ2v) is 33.9. The SMILES string of the molecule is Cc1ccc2c(c1)-n1c3ccc4c(ccc5c4c4cc(N(c6ccc(-c7ccccc7)cc6)c6ccc(-c7cc8ccccc8o7)cc6)cc6c4n5-c4cc(C)ccc4C64c5ccccc5-c5ccccc54)c3c3cc(N(C4=CC=C(c5cc6ccccc6o5)CC4C)c4ccc(-c5ccccc5)cc4)cc(c31)C21c2ccccc2-c2ccccc21. The third kappa shape index (κ3) is 9.47. The van der Waals surface area contributed by atoms with Crippen LogP contribution in [0, 0.1) is 19.8 Å². The Labute approximate surface area is 699 Å². The molecule has 17 aromatic carbocycles. The predicted molar refractivity (Wildman–Crippen MR) is 499 cm³/mol. The molecule has 5 aliphatic rings. The van der Waals surface area contributed by atoms with Crippen molar-refractivity contribution in [2.75, 3.05) is 9.80 Å². The summed E-state index contributed by atoms with van der Waals surface area (Å²) in [6, 6.07) is 142. The monoisotopic (exact) mass is 1540 g/mol. The van der Waals surface area contributed by atoms with E-state index in [9.17, 15) is 0 Å². The van der Waals surface area contributed by atoms with Crippen molar-refractivity contribution in [3.8, 4) is 67.2 Å². The molecule has 0 fully saturated rings. The average Bonchev–Trinajstić information content (AvgIpc) is 1.50. The molecule has 1 atom stereocenters. The first-order valence-electron chi connectivity index (χ1n) is 42.3. The number of anilines is 5. The van der Waals surface area contributed by atoms with Crippen LogP contribution in [0.2, 0.25) is 0 Å². The molecule has 3 aliphatic carbocycles. The normalized spacial score (nSPS) is 14.7. The highest BCUT2D eigenvalue weighted by Crippen LogP contribution is 2.66. The lowest BCUT2D eigenvalue weighted by molar-refractivity contribution is 0.584. The highest BCUT2D eigenvalue weighted by Gasteiger charge is 2.54. The summed E-state index contributed by atoms with van der Waals surface area (Å²) in [5.41, 5.74) is 38.4. The predicted octanol–water partition coefficient (Wildman–Crippen LogP) is 30.1. The lowest BCUT2D eigenvalue weighted by Crippen LogP contribution is -2.34.